The number of hydrogen-bond acceptors (Lipinski definition) is 4. The highest BCUT2D eigenvalue weighted by atomic mass is 16.5. The zero-order chi connectivity index (χ0) is 21.6. The number of aromatic nitrogens is 2. The standard InChI is InChI=1S/C25H32N4O2/c1-3-24-27-21-9-5-6-10-22(21)29(24)18-25(30)26-17-23(28-15-7-4-8-16-28)19-11-13-20(31-2)14-12-19/h5-6,9-14,23H,3-4,7-8,15-18H2,1-2H3,(H,26,30). The van der Waals surface area contributed by atoms with Crippen molar-refractivity contribution in [1.82, 2.24) is 19.8 Å². The monoisotopic (exact) mass is 420 g/mol. The second-order valence-electron chi connectivity index (χ2n) is 8.15. The van der Waals surface area contributed by atoms with Crippen LogP contribution in [0.1, 0.15) is 43.6 Å². The number of hydrogen-bond donors (Lipinski definition) is 1. The molecule has 0 spiro atoms. The Morgan fingerprint density at radius 3 is 2.55 bits per heavy atom. The minimum Gasteiger partial charge on any atom is -0.497 e. The van der Waals surface area contributed by atoms with E-state index in [-0.39, 0.29) is 11.9 Å². The van der Waals surface area contributed by atoms with Crippen LogP contribution in [0, 0.1) is 0 Å². The predicted molar refractivity (Wildman–Crippen MR) is 123 cm³/mol. The van der Waals surface area contributed by atoms with Gasteiger partial charge in [0.05, 0.1) is 24.2 Å². The molecule has 2 heterocycles. The first-order valence-electron chi connectivity index (χ1n) is 11.3. The zero-order valence-corrected chi connectivity index (χ0v) is 18.5. The van der Waals surface area contributed by atoms with E-state index in [4.69, 9.17) is 4.74 Å². The molecule has 4 rings (SSSR count). The number of ether oxygens (including phenoxy) is 1. The molecule has 2 aromatic carbocycles. The first kappa shape index (κ1) is 21.4. The molecule has 1 amide bonds. The molecule has 0 bridgehead atoms. The summed E-state index contributed by atoms with van der Waals surface area (Å²) in [4.78, 5) is 20.1. The summed E-state index contributed by atoms with van der Waals surface area (Å²) in [5.74, 6) is 1.82. The Hall–Kier alpha value is -2.86. The molecular formula is C25H32N4O2. The summed E-state index contributed by atoms with van der Waals surface area (Å²) in [6.45, 7) is 5.10. The summed E-state index contributed by atoms with van der Waals surface area (Å²) >= 11 is 0. The van der Waals surface area contributed by atoms with Crippen LogP contribution < -0.4 is 10.1 Å². The molecule has 0 radical (unpaired) electrons. The number of imidazole rings is 1. The lowest BCUT2D eigenvalue weighted by atomic mass is 10.0. The average molecular weight is 421 g/mol. The maximum Gasteiger partial charge on any atom is 0.240 e. The number of fused-ring (bicyclic) bond motifs is 1. The summed E-state index contributed by atoms with van der Waals surface area (Å²) < 4.78 is 7.35. The number of piperidine rings is 1. The summed E-state index contributed by atoms with van der Waals surface area (Å²) in [5.41, 5.74) is 3.17. The summed E-state index contributed by atoms with van der Waals surface area (Å²) in [6, 6.07) is 16.4. The summed E-state index contributed by atoms with van der Waals surface area (Å²) in [6.07, 6.45) is 4.50. The van der Waals surface area contributed by atoms with E-state index >= 15 is 0 Å². The molecule has 6 heteroatoms. The van der Waals surface area contributed by atoms with E-state index in [9.17, 15) is 4.79 Å². The van der Waals surface area contributed by atoms with Crippen LogP contribution in [0.25, 0.3) is 11.0 Å². The third kappa shape index (κ3) is 4.90. The summed E-state index contributed by atoms with van der Waals surface area (Å²) in [7, 11) is 1.68. The van der Waals surface area contributed by atoms with Gasteiger partial charge in [0.25, 0.3) is 0 Å². The Bertz CT molecular complexity index is 1010. The Kier molecular flexibility index (Phi) is 6.87. The van der Waals surface area contributed by atoms with Crippen LogP contribution in [0.3, 0.4) is 0 Å². The van der Waals surface area contributed by atoms with Crippen LogP contribution in [-0.4, -0.2) is 47.1 Å². The van der Waals surface area contributed by atoms with Crippen molar-refractivity contribution in [3.05, 3.63) is 59.9 Å². The largest absolute Gasteiger partial charge is 0.497 e. The molecule has 1 unspecified atom stereocenters. The van der Waals surface area contributed by atoms with Gasteiger partial charge in [0.1, 0.15) is 18.1 Å². The van der Waals surface area contributed by atoms with Crippen molar-refractivity contribution in [2.75, 3.05) is 26.7 Å². The fourth-order valence-electron chi connectivity index (χ4n) is 4.50. The van der Waals surface area contributed by atoms with Crippen molar-refractivity contribution < 1.29 is 9.53 Å². The number of benzene rings is 2. The fraction of sp³-hybridized carbons (Fsp3) is 0.440. The van der Waals surface area contributed by atoms with Crippen LogP contribution in [0.2, 0.25) is 0 Å². The highest BCUT2D eigenvalue weighted by Gasteiger charge is 2.23. The van der Waals surface area contributed by atoms with Gasteiger partial charge in [0.2, 0.25) is 5.91 Å². The number of nitrogens with one attached hydrogen (secondary N) is 1. The minimum atomic E-state index is 0.0216. The van der Waals surface area contributed by atoms with Gasteiger partial charge in [-0.1, -0.05) is 37.6 Å². The highest BCUT2D eigenvalue weighted by molar-refractivity contribution is 5.81. The number of carbonyl (C=O) groups excluding carboxylic acids is 1. The molecule has 6 nitrogen and oxygen atoms in total. The molecule has 1 fully saturated rings. The van der Waals surface area contributed by atoms with Crippen molar-refractivity contribution in [3.8, 4) is 5.75 Å². The lowest BCUT2D eigenvalue weighted by Gasteiger charge is -2.35. The Morgan fingerprint density at radius 1 is 1.10 bits per heavy atom. The SMILES string of the molecule is CCc1nc2ccccc2n1CC(=O)NCC(c1ccc(OC)cc1)N1CCCCC1. The molecule has 1 N–H and O–H groups in total. The normalized spacial score (nSPS) is 15.7. The van der Waals surface area contributed by atoms with Crippen molar-refractivity contribution in [1.29, 1.82) is 0 Å². The van der Waals surface area contributed by atoms with Gasteiger partial charge in [-0.3, -0.25) is 9.69 Å². The van der Waals surface area contributed by atoms with Gasteiger partial charge in [0, 0.05) is 13.0 Å². The number of nitrogens with zero attached hydrogens (tertiary/aromatic N) is 3. The quantitative estimate of drug-likeness (QED) is 0.599. The average Bonchev–Trinajstić information content (AvgIpc) is 3.18. The molecule has 31 heavy (non-hydrogen) atoms. The molecular weight excluding hydrogens is 388 g/mol. The van der Waals surface area contributed by atoms with E-state index in [2.05, 4.69) is 34.3 Å². The third-order valence-corrected chi connectivity index (χ3v) is 6.18. The van der Waals surface area contributed by atoms with E-state index in [0.29, 0.717) is 13.1 Å². The molecule has 1 aromatic heterocycles. The Labute approximate surface area is 184 Å². The smallest absolute Gasteiger partial charge is 0.240 e. The van der Waals surface area contributed by atoms with Crippen molar-refractivity contribution in [2.45, 2.75) is 45.2 Å². The van der Waals surface area contributed by atoms with Gasteiger partial charge >= 0.3 is 0 Å². The van der Waals surface area contributed by atoms with Crippen LogP contribution in [0.15, 0.2) is 48.5 Å². The van der Waals surface area contributed by atoms with Crippen LogP contribution >= 0.6 is 0 Å². The zero-order valence-electron chi connectivity index (χ0n) is 18.5. The highest BCUT2D eigenvalue weighted by Crippen LogP contribution is 2.26. The molecule has 1 aliphatic heterocycles. The number of methoxy groups -OCH3 is 1. The molecule has 0 saturated carbocycles. The number of aryl methyl sites for hydroxylation is 1. The summed E-state index contributed by atoms with van der Waals surface area (Å²) in [5, 5.41) is 3.20. The fourth-order valence-corrected chi connectivity index (χ4v) is 4.50. The molecule has 1 aliphatic rings. The van der Waals surface area contributed by atoms with E-state index in [0.717, 1.165) is 42.1 Å². The minimum absolute atomic E-state index is 0.0216. The van der Waals surface area contributed by atoms with Gasteiger partial charge in [-0.15, -0.1) is 0 Å². The second kappa shape index (κ2) is 9.96. The molecule has 1 atom stereocenters. The maximum absolute atomic E-state index is 12.9. The van der Waals surface area contributed by atoms with Crippen LogP contribution in [0.5, 0.6) is 5.75 Å². The Balaban J connectivity index is 1.48. The van der Waals surface area contributed by atoms with Crippen molar-refractivity contribution in [2.24, 2.45) is 0 Å². The van der Waals surface area contributed by atoms with E-state index in [1.165, 1.54) is 24.8 Å². The maximum atomic E-state index is 12.9. The third-order valence-electron chi connectivity index (χ3n) is 6.18. The molecule has 3 aromatic rings. The van der Waals surface area contributed by atoms with Gasteiger partial charge in [0.15, 0.2) is 0 Å². The van der Waals surface area contributed by atoms with Gasteiger partial charge in [-0.2, -0.15) is 0 Å². The first-order chi connectivity index (χ1) is 15.2. The van der Waals surface area contributed by atoms with Gasteiger partial charge < -0.3 is 14.6 Å². The number of carbonyl (C=O) groups is 1. The van der Waals surface area contributed by atoms with E-state index in [1.54, 1.807) is 7.11 Å². The molecule has 164 valence electrons. The molecule has 0 aliphatic carbocycles. The number of likely N-dealkylation sites (tertiary alicyclic amines) is 1. The number of amides is 1. The lowest BCUT2D eigenvalue weighted by molar-refractivity contribution is -0.121. The van der Waals surface area contributed by atoms with Crippen LogP contribution in [0.4, 0.5) is 0 Å². The number of rotatable bonds is 8. The van der Waals surface area contributed by atoms with Gasteiger partial charge in [-0.25, -0.2) is 4.98 Å². The second-order valence-corrected chi connectivity index (χ2v) is 8.15. The van der Waals surface area contributed by atoms with Crippen molar-refractivity contribution in [3.63, 3.8) is 0 Å². The van der Waals surface area contributed by atoms with Gasteiger partial charge in [-0.05, 0) is 55.8 Å². The van der Waals surface area contributed by atoms with E-state index in [1.807, 2.05) is 41.0 Å². The molecule has 1 saturated heterocycles. The lowest BCUT2D eigenvalue weighted by Crippen LogP contribution is -2.41. The van der Waals surface area contributed by atoms with E-state index < -0.39 is 0 Å². The topological polar surface area (TPSA) is 59.4 Å². The predicted octanol–water partition coefficient (Wildman–Crippen LogP) is 3.95. The van der Waals surface area contributed by atoms with Crippen LogP contribution in [-0.2, 0) is 17.8 Å². The first-order valence-corrected chi connectivity index (χ1v) is 11.3. The Morgan fingerprint density at radius 2 is 1.84 bits per heavy atom. The van der Waals surface area contributed by atoms with Crippen molar-refractivity contribution >= 4 is 16.9 Å². The number of para-hydroxylation sites is 2.